The van der Waals surface area contributed by atoms with Gasteiger partial charge in [-0.2, -0.15) is 0 Å². The molecule has 0 amide bonds. The first kappa shape index (κ1) is 34.1. The number of allylic oxidation sites excluding steroid dienone is 2. The molecule has 0 saturated carbocycles. The van der Waals surface area contributed by atoms with Crippen molar-refractivity contribution in [2.24, 2.45) is 5.16 Å². The molecule has 0 atom stereocenters. The third kappa shape index (κ3) is 9.36. The van der Waals surface area contributed by atoms with Gasteiger partial charge in [0.05, 0.1) is 13.2 Å². The molecule has 46 heavy (non-hydrogen) atoms. The first-order chi connectivity index (χ1) is 22.3. The fraction of sp³-hybridized carbons (Fsp3) is 0.211. The van der Waals surface area contributed by atoms with Crippen molar-refractivity contribution < 1.29 is 24.0 Å². The lowest BCUT2D eigenvalue weighted by molar-refractivity contribution is -0.140. The number of anilines is 1. The molecular weight excluding hydrogens is 596 g/mol. The molecule has 0 spiro atoms. The minimum Gasteiger partial charge on any atom is -0.378 e. The summed E-state index contributed by atoms with van der Waals surface area (Å²) in [6.45, 7) is 10.2. The Bertz CT molecular complexity index is 1680. The smallest absolute Gasteiger partial charge is 0.332 e. The predicted octanol–water partition coefficient (Wildman–Crippen LogP) is 7.95. The van der Waals surface area contributed by atoms with Crippen molar-refractivity contribution >= 4 is 40.7 Å². The number of ether oxygens (including phenoxy) is 1. The Morgan fingerprint density at radius 3 is 1.80 bits per heavy atom. The summed E-state index contributed by atoms with van der Waals surface area (Å²) in [5.41, 5.74) is 4.30. The van der Waals surface area contributed by atoms with Crippen molar-refractivity contribution in [3.05, 3.63) is 137 Å². The Labute approximate surface area is 274 Å². The number of rotatable bonds is 9. The van der Waals surface area contributed by atoms with E-state index in [4.69, 9.17) is 9.57 Å². The second-order valence-electron chi connectivity index (χ2n) is 10.5. The monoisotopic (exact) mass is 634 g/mol. The van der Waals surface area contributed by atoms with Gasteiger partial charge in [-0.1, -0.05) is 53.3 Å². The van der Waals surface area contributed by atoms with Crippen LogP contribution in [-0.2, 0) is 14.4 Å². The Kier molecular flexibility index (Phi) is 12.6. The van der Waals surface area contributed by atoms with E-state index in [1.165, 1.54) is 18.7 Å². The molecule has 236 valence electrons. The van der Waals surface area contributed by atoms with Gasteiger partial charge in [-0.05, 0) is 99.1 Å². The Hall–Kier alpha value is -4.79. The molecule has 1 saturated heterocycles. The predicted molar refractivity (Wildman–Crippen MR) is 184 cm³/mol. The number of nitrogens with zero attached hydrogens (tertiary/aromatic N) is 2. The Balaban J connectivity index is 0.00000113. The molecule has 8 heteroatoms. The number of hydrogen-bond acceptors (Lipinski definition) is 8. The fourth-order valence-corrected chi connectivity index (χ4v) is 5.41. The van der Waals surface area contributed by atoms with E-state index < -0.39 is 5.97 Å². The van der Waals surface area contributed by atoms with Gasteiger partial charge >= 0.3 is 5.97 Å². The molecule has 4 aromatic rings. The van der Waals surface area contributed by atoms with Gasteiger partial charge in [0.2, 0.25) is 5.78 Å². The van der Waals surface area contributed by atoms with E-state index >= 15 is 0 Å². The second kappa shape index (κ2) is 17.1. The van der Waals surface area contributed by atoms with Crippen LogP contribution in [0.3, 0.4) is 0 Å². The number of aryl methyl sites for hydroxylation is 1. The van der Waals surface area contributed by atoms with Crippen LogP contribution in [0.15, 0.2) is 124 Å². The van der Waals surface area contributed by atoms with E-state index in [0.717, 1.165) is 34.1 Å². The van der Waals surface area contributed by atoms with E-state index in [2.05, 4.69) is 10.1 Å². The molecule has 0 aromatic heterocycles. The molecule has 0 radical (unpaired) electrons. The maximum absolute atomic E-state index is 13.3. The Morgan fingerprint density at radius 2 is 1.28 bits per heavy atom. The number of morpholine rings is 1. The van der Waals surface area contributed by atoms with Crippen LogP contribution in [-0.4, -0.2) is 49.6 Å². The number of hydrogen-bond donors (Lipinski definition) is 0. The SMILES string of the molecule is C/C=C\C.CC(=O)O/N=C(\C(=O)c1ccc(Sc2ccc(C(=O)c3ccc(N4CCOCC4)cc3)cc2)cc1)c1ccccc1C. The maximum Gasteiger partial charge on any atom is 0.332 e. The topological polar surface area (TPSA) is 85.3 Å². The van der Waals surface area contributed by atoms with Crippen LogP contribution in [0.1, 0.15) is 58.2 Å². The van der Waals surface area contributed by atoms with E-state index in [1.807, 2.05) is 106 Å². The molecule has 4 aromatic carbocycles. The van der Waals surface area contributed by atoms with E-state index in [0.29, 0.717) is 35.5 Å². The molecule has 1 fully saturated rings. The van der Waals surface area contributed by atoms with Crippen molar-refractivity contribution in [1.82, 2.24) is 0 Å². The molecule has 1 heterocycles. The summed E-state index contributed by atoms with van der Waals surface area (Å²) in [5.74, 6) is -0.971. The van der Waals surface area contributed by atoms with Crippen molar-refractivity contribution in [1.29, 1.82) is 0 Å². The molecule has 1 aliphatic rings. The summed E-state index contributed by atoms with van der Waals surface area (Å²) >= 11 is 1.53. The van der Waals surface area contributed by atoms with E-state index in [-0.39, 0.29) is 17.3 Å². The van der Waals surface area contributed by atoms with Crippen molar-refractivity contribution in [3.63, 3.8) is 0 Å². The molecule has 5 rings (SSSR count). The van der Waals surface area contributed by atoms with Gasteiger partial charge in [0.1, 0.15) is 0 Å². The highest BCUT2D eigenvalue weighted by atomic mass is 32.2. The van der Waals surface area contributed by atoms with Crippen molar-refractivity contribution in [3.8, 4) is 0 Å². The molecule has 7 nitrogen and oxygen atoms in total. The van der Waals surface area contributed by atoms with Crippen molar-refractivity contribution in [2.45, 2.75) is 37.5 Å². The van der Waals surface area contributed by atoms with Gasteiger partial charge in [-0.3, -0.25) is 9.59 Å². The zero-order valence-electron chi connectivity index (χ0n) is 26.6. The van der Waals surface area contributed by atoms with Gasteiger partial charge in [-0.25, -0.2) is 4.79 Å². The zero-order valence-corrected chi connectivity index (χ0v) is 27.4. The van der Waals surface area contributed by atoms with Crippen LogP contribution >= 0.6 is 11.8 Å². The van der Waals surface area contributed by atoms with Gasteiger partial charge in [0.15, 0.2) is 11.5 Å². The van der Waals surface area contributed by atoms with Crippen LogP contribution in [0.5, 0.6) is 0 Å². The van der Waals surface area contributed by atoms with Crippen LogP contribution in [0.4, 0.5) is 5.69 Å². The van der Waals surface area contributed by atoms with Gasteiger partial charge in [0, 0.05) is 57.7 Å². The number of oxime groups is 1. The number of Topliss-reactive ketones (excluding diaryl/α,β-unsaturated/α-hetero) is 1. The van der Waals surface area contributed by atoms with E-state index in [9.17, 15) is 14.4 Å². The lowest BCUT2D eigenvalue weighted by Gasteiger charge is -2.28. The second-order valence-corrected chi connectivity index (χ2v) is 11.6. The lowest BCUT2D eigenvalue weighted by atomic mass is 9.97. The highest BCUT2D eigenvalue weighted by molar-refractivity contribution is 7.99. The average Bonchev–Trinajstić information content (AvgIpc) is 3.10. The Morgan fingerprint density at radius 1 is 0.761 bits per heavy atom. The number of benzene rings is 4. The molecule has 0 aliphatic carbocycles. The lowest BCUT2D eigenvalue weighted by Crippen LogP contribution is -2.36. The zero-order chi connectivity index (χ0) is 32.9. The summed E-state index contributed by atoms with van der Waals surface area (Å²) in [7, 11) is 0. The normalized spacial score (nSPS) is 13.1. The molecule has 0 unspecified atom stereocenters. The maximum atomic E-state index is 13.3. The van der Waals surface area contributed by atoms with Crippen LogP contribution in [0, 0.1) is 6.92 Å². The van der Waals surface area contributed by atoms with Gasteiger partial charge in [-0.15, -0.1) is 0 Å². The van der Waals surface area contributed by atoms with Crippen LogP contribution in [0.2, 0.25) is 0 Å². The number of ketones is 2. The summed E-state index contributed by atoms with van der Waals surface area (Å²) in [4.78, 5) is 46.7. The fourth-order valence-electron chi connectivity index (χ4n) is 4.59. The minimum absolute atomic E-state index is 0.0252. The molecule has 0 bridgehead atoms. The number of carbonyl (C=O) groups is 3. The third-order valence-electron chi connectivity index (χ3n) is 7.19. The van der Waals surface area contributed by atoms with Crippen LogP contribution < -0.4 is 4.90 Å². The van der Waals surface area contributed by atoms with Crippen molar-refractivity contribution in [2.75, 3.05) is 31.2 Å². The molecule has 0 N–H and O–H groups in total. The number of carbonyl (C=O) groups excluding carboxylic acids is 3. The average molecular weight is 635 g/mol. The summed E-state index contributed by atoms with van der Waals surface area (Å²) in [6.07, 6.45) is 4.00. The summed E-state index contributed by atoms with van der Waals surface area (Å²) < 4.78 is 5.42. The van der Waals surface area contributed by atoms with Gasteiger partial charge in [0.25, 0.3) is 0 Å². The first-order valence-corrected chi connectivity index (χ1v) is 15.9. The van der Waals surface area contributed by atoms with Crippen LogP contribution in [0.25, 0.3) is 0 Å². The van der Waals surface area contributed by atoms with Gasteiger partial charge < -0.3 is 14.5 Å². The quantitative estimate of drug-likeness (QED) is 0.0607. The van der Waals surface area contributed by atoms with E-state index in [1.54, 1.807) is 24.3 Å². The highest BCUT2D eigenvalue weighted by Crippen LogP contribution is 2.29. The standard InChI is InChI=1S/C34H30N2O5S.C4H8/c1-23-5-3-4-6-31(23)32(35-41-24(2)37)34(39)27-11-17-30(18-12-27)42-29-15-9-26(10-16-29)33(38)25-7-13-28(14-8-25)36-19-21-40-22-20-36;1-3-4-2/h3-18H,19-22H2,1-2H3;3-4H,1-2H3/b35-32-;4-3-. The summed E-state index contributed by atoms with van der Waals surface area (Å²) in [5, 5.41) is 3.87. The molecular formula is C38H38N2O5S. The minimum atomic E-state index is -0.602. The largest absolute Gasteiger partial charge is 0.378 e. The first-order valence-electron chi connectivity index (χ1n) is 15.1. The molecule has 1 aliphatic heterocycles. The third-order valence-corrected chi connectivity index (χ3v) is 8.20. The summed E-state index contributed by atoms with van der Waals surface area (Å²) in [6, 6.07) is 29.7. The highest BCUT2D eigenvalue weighted by Gasteiger charge is 2.20.